The lowest BCUT2D eigenvalue weighted by molar-refractivity contribution is -0.0461. The zero-order valence-electron chi connectivity index (χ0n) is 21.8. The smallest absolute Gasteiger partial charge is 0.248 e. The van der Waals surface area contributed by atoms with E-state index in [0.29, 0.717) is 24.6 Å². The Hall–Kier alpha value is -4.07. The van der Waals surface area contributed by atoms with E-state index >= 15 is 0 Å². The Kier molecular flexibility index (Phi) is 6.85. The summed E-state index contributed by atoms with van der Waals surface area (Å²) in [6, 6.07) is 16.4. The highest BCUT2D eigenvalue weighted by Gasteiger charge is 2.35. The fraction of sp³-hybridized carbons (Fsp3) is 0.323. The van der Waals surface area contributed by atoms with Crippen LogP contribution in [0.5, 0.6) is 0 Å². The number of anilines is 2. The van der Waals surface area contributed by atoms with E-state index in [1.54, 1.807) is 12.4 Å². The standard InChI is InChI=1S/C31H32F2N6/c1-21(16-22-8-12-31(32,33)13-9-22)39-15-11-24-17-25(2-3-26(24)20-39)30-34-14-10-29(38-30)37-28-6-4-23(5-7-28)27-18-35-36-19-27/h2-7,10,14,17-19,22H,1,8-9,11-13,15-16,20H2,(H,35,36)(H,34,37,38). The molecule has 2 aromatic heterocycles. The maximum Gasteiger partial charge on any atom is 0.248 e. The summed E-state index contributed by atoms with van der Waals surface area (Å²) in [6.45, 7) is 6.00. The maximum absolute atomic E-state index is 13.5. The van der Waals surface area contributed by atoms with Gasteiger partial charge in [0.1, 0.15) is 5.82 Å². The Morgan fingerprint density at radius 1 is 1.03 bits per heavy atom. The highest BCUT2D eigenvalue weighted by atomic mass is 19.3. The third-order valence-electron chi connectivity index (χ3n) is 7.93. The molecule has 1 fully saturated rings. The summed E-state index contributed by atoms with van der Waals surface area (Å²) < 4.78 is 27.0. The first kappa shape index (κ1) is 25.2. The van der Waals surface area contributed by atoms with Crippen molar-refractivity contribution in [2.45, 2.75) is 51.0 Å². The molecule has 0 unspecified atom stereocenters. The summed E-state index contributed by atoms with van der Waals surface area (Å²) in [6.07, 6.45) is 8.35. The Morgan fingerprint density at radius 2 is 1.82 bits per heavy atom. The monoisotopic (exact) mass is 526 g/mol. The van der Waals surface area contributed by atoms with Crippen molar-refractivity contribution >= 4 is 11.5 Å². The zero-order valence-corrected chi connectivity index (χ0v) is 21.8. The lowest BCUT2D eigenvalue weighted by atomic mass is 9.83. The van der Waals surface area contributed by atoms with Gasteiger partial charge in [-0.25, -0.2) is 18.7 Å². The van der Waals surface area contributed by atoms with Gasteiger partial charge in [0.05, 0.1) is 6.20 Å². The van der Waals surface area contributed by atoms with E-state index in [2.05, 4.69) is 50.2 Å². The topological polar surface area (TPSA) is 69.7 Å². The van der Waals surface area contributed by atoms with Crippen LogP contribution in [-0.4, -0.2) is 37.5 Å². The molecule has 0 bridgehead atoms. The van der Waals surface area contributed by atoms with Gasteiger partial charge in [-0.05, 0) is 72.6 Å². The number of hydrogen-bond acceptors (Lipinski definition) is 5. The summed E-state index contributed by atoms with van der Waals surface area (Å²) in [5.41, 5.74) is 7.70. The molecule has 6 nitrogen and oxygen atoms in total. The third-order valence-corrected chi connectivity index (χ3v) is 7.93. The molecule has 0 radical (unpaired) electrons. The van der Waals surface area contributed by atoms with E-state index in [9.17, 15) is 8.78 Å². The second-order valence-electron chi connectivity index (χ2n) is 10.7. The van der Waals surface area contributed by atoms with Crippen LogP contribution in [0.25, 0.3) is 22.5 Å². The molecule has 3 heterocycles. The van der Waals surface area contributed by atoms with E-state index in [1.165, 1.54) is 11.1 Å². The summed E-state index contributed by atoms with van der Waals surface area (Å²) in [4.78, 5) is 11.6. The quantitative estimate of drug-likeness (QED) is 0.263. The normalized spacial score (nSPS) is 17.0. The second-order valence-corrected chi connectivity index (χ2v) is 10.7. The molecule has 6 rings (SSSR count). The highest BCUT2D eigenvalue weighted by molar-refractivity contribution is 5.67. The van der Waals surface area contributed by atoms with Crippen molar-refractivity contribution in [3.05, 3.63) is 90.5 Å². The number of nitrogens with zero attached hydrogens (tertiary/aromatic N) is 4. The molecule has 1 aliphatic carbocycles. The predicted molar refractivity (Wildman–Crippen MR) is 150 cm³/mol. The minimum Gasteiger partial charge on any atom is -0.371 e. The van der Waals surface area contributed by atoms with E-state index in [1.807, 2.05) is 36.5 Å². The number of nitrogens with one attached hydrogen (secondary N) is 2. The van der Waals surface area contributed by atoms with Crippen LogP contribution in [0.4, 0.5) is 20.3 Å². The Balaban J connectivity index is 1.09. The number of rotatable bonds is 7. The molecule has 2 N–H and O–H groups in total. The van der Waals surface area contributed by atoms with E-state index in [-0.39, 0.29) is 12.8 Å². The number of benzene rings is 2. The van der Waals surface area contributed by atoms with Crippen molar-refractivity contribution in [3.63, 3.8) is 0 Å². The summed E-state index contributed by atoms with van der Waals surface area (Å²) in [5.74, 6) is -0.755. The molecule has 8 heteroatoms. The second kappa shape index (κ2) is 10.6. The van der Waals surface area contributed by atoms with Gasteiger partial charge >= 0.3 is 0 Å². The SMILES string of the molecule is C=C(CC1CCC(F)(F)CC1)N1CCc2cc(-c3nccc(Nc4ccc(-c5cn[nH]c5)cc4)n3)ccc2C1. The molecule has 0 saturated heterocycles. The Bertz CT molecular complexity index is 1440. The molecular weight excluding hydrogens is 494 g/mol. The van der Waals surface area contributed by atoms with E-state index in [0.717, 1.165) is 59.8 Å². The number of H-pyrrole nitrogens is 1. The lowest BCUT2D eigenvalue weighted by Gasteiger charge is -2.35. The maximum atomic E-state index is 13.5. The average molecular weight is 527 g/mol. The van der Waals surface area contributed by atoms with Gasteiger partial charge in [0.2, 0.25) is 5.92 Å². The summed E-state index contributed by atoms with van der Waals surface area (Å²) >= 11 is 0. The number of hydrogen-bond donors (Lipinski definition) is 2. The van der Waals surface area contributed by atoms with Crippen LogP contribution >= 0.6 is 0 Å². The van der Waals surface area contributed by atoms with Gasteiger partial charge in [0.15, 0.2) is 5.82 Å². The minimum atomic E-state index is -2.48. The van der Waals surface area contributed by atoms with Gasteiger partial charge in [-0.3, -0.25) is 5.10 Å². The van der Waals surface area contributed by atoms with Crippen molar-refractivity contribution in [1.82, 2.24) is 25.1 Å². The highest BCUT2D eigenvalue weighted by Crippen LogP contribution is 2.39. The fourth-order valence-corrected chi connectivity index (χ4v) is 5.60. The largest absolute Gasteiger partial charge is 0.371 e. The molecule has 2 aliphatic rings. The molecule has 39 heavy (non-hydrogen) atoms. The number of fused-ring (bicyclic) bond motifs is 1. The molecule has 4 aromatic rings. The fourth-order valence-electron chi connectivity index (χ4n) is 5.60. The molecule has 2 aromatic carbocycles. The first-order chi connectivity index (χ1) is 18.9. The van der Waals surface area contributed by atoms with Crippen LogP contribution in [0.15, 0.2) is 79.4 Å². The van der Waals surface area contributed by atoms with E-state index < -0.39 is 5.92 Å². The average Bonchev–Trinajstić information content (AvgIpc) is 3.49. The van der Waals surface area contributed by atoms with Gasteiger partial charge in [0, 0.05) is 60.8 Å². The first-order valence-corrected chi connectivity index (χ1v) is 13.5. The van der Waals surface area contributed by atoms with Crippen molar-refractivity contribution < 1.29 is 8.78 Å². The molecule has 1 aliphatic heterocycles. The van der Waals surface area contributed by atoms with Crippen molar-refractivity contribution in [3.8, 4) is 22.5 Å². The minimum absolute atomic E-state index is 0.00765. The van der Waals surface area contributed by atoms with Gasteiger partial charge in [-0.15, -0.1) is 0 Å². The van der Waals surface area contributed by atoms with Crippen LogP contribution in [-0.2, 0) is 13.0 Å². The summed E-state index contributed by atoms with van der Waals surface area (Å²) in [5, 5.41) is 10.2. The van der Waals surface area contributed by atoms with Crippen LogP contribution < -0.4 is 5.32 Å². The molecule has 200 valence electrons. The van der Waals surface area contributed by atoms with Crippen molar-refractivity contribution in [2.75, 3.05) is 11.9 Å². The Morgan fingerprint density at radius 3 is 2.59 bits per heavy atom. The van der Waals surface area contributed by atoms with Crippen LogP contribution in [0.1, 0.15) is 43.2 Å². The van der Waals surface area contributed by atoms with Gasteiger partial charge in [-0.1, -0.05) is 30.8 Å². The third kappa shape index (κ3) is 5.85. The number of aromatic nitrogens is 4. The summed E-state index contributed by atoms with van der Waals surface area (Å²) in [7, 11) is 0. The molecule has 1 saturated carbocycles. The molecule has 0 atom stereocenters. The number of aromatic amines is 1. The first-order valence-electron chi connectivity index (χ1n) is 13.5. The van der Waals surface area contributed by atoms with Gasteiger partial charge in [-0.2, -0.15) is 5.10 Å². The molecule has 0 amide bonds. The zero-order chi connectivity index (χ0) is 26.8. The molecule has 0 spiro atoms. The van der Waals surface area contributed by atoms with Crippen LogP contribution in [0, 0.1) is 5.92 Å². The Labute approximate surface area is 227 Å². The number of alkyl halides is 2. The van der Waals surface area contributed by atoms with E-state index in [4.69, 9.17) is 4.98 Å². The predicted octanol–water partition coefficient (Wildman–Crippen LogP) is 7.36. The van der Waals surface area contributed by atoms with Gasteiger partial charge < -0.3 is 10.2 Å². The van der Waals surface area contributed by atoms with Crippen molar-refractivity contribution in [1.29, 1.82) is 0 Å². The van der Waals surface area contributed by atoms with Gasteiger partial charge in [0.25, 0.3) is 0 Å². The molecular formula is C31H32F2N6. The number of allylic oxidation sites excluding steroid dienone is 1. The number of halogens is 2. The lowest BCUT2D eigenvalue weighted by Crippen LogP contribution is -2.31. The van der Waals surface area contributed by atoms with Crippen molar-refractivity contribution in [2.24, 2.45) is 5.92 Å². The van der Waals surface area contributed by atoms with Crippen LogP contribution in [0.2, 0.25) is 0 Å². The van der Waals surface area contributed by atoms with Crippen LogP contribution in [0.3, 0.4) is 0 Å².